The van der Waals surface area contributed by atoms with Crippen molar-refractivity contribution in [3.8, 4) is 11.1 Å². The maximum Gasteiger partial charge on any atom is 0.254 e. The average Bonchev–Trinajstić information content (AvgIpc) is 3.82. The maximum atomic E-state index is 14.6. The molecule has 0 saturated heterocycles. The topological polar surface area (TPSA) is 128 Å². The van der Waals surface area contributed by atoms with E-state index in [1.54, 1.807) is 66.9 Å². The SMILES string of the molecule is Cc1cc(C)cc(C(=O)N(C)[C@H](Cc2ccc(-c3ccsc3)cc2)C(=O)N[C@H](C(=O)Nc2ccccc2C)C(c2c[nH]c3ccccc23)=S(=O)=O)c1. The van der Waals surface area contributed by atoms with Crippen molar-refractivity contribution in [2.75, 3.05) is 12.4 Å². The molecule has 0 fully saturated rings. The largest absolute Gasteiger partial charge is 0.361 e. The lowest BCUT2D eigenvalue weighted by Crippen LogP contribution is -2.56. The molecule has 2 aromatic heterocycles. The molecule has 3 amide bonds. The van der Waals surface area contributed by atoms with Gasteiger partial charge < -0.3 is 20.5 Å². The summed E-state index contributed by atoms with van der Waals surface area (Å²) in [6.45, 7) is 5.60. The Morgan fingerprint density at radius 2 is 1.52 bits per heavy atom. The van der Waals surface area contributed by atoms with Gasteiger partial charge in [-0.1, -0.05) is 77.9 Å². The van der Waals surface area contributed by atoms with Gasteiger partial charge in [0.2, 0.25) is 16.2 Å². The molecule has 52 heavy (non-hydrogen) atoms. The Morgan fingerprint density at radius 3 is 2.19 bits per heavy atom. The molecule has 6 rings (SSSR count). The average molecular weight is 731 g/mol. The summed E-state index contributed by atoms with van der Waals surface area (Å²) >= 11 is 1.60. The van der Waals surface area contributed by atoms with Gasteiger partial charge in [0.05, 0.1) is 0 Å². The molecule has 4 aromatic carbocycles. The van der Waals surface area contributed by atoms with Gasteiger partial charge in [0.25, 0.3) is 11.8 Å². The van der Waals surface area contributed by atoms with Gasteiger partial charge in [-0.3, -0.25) is 14.4 Å². The number of carbonyl (C=O) groups is 3. The molecule has 0 saturated carbocycles. The predicted octanol–water partition coefficient (Wildman–Crippen LogP) is 6.73. The first kappa shape index (κ1) is 36.0. The number of H-pyrrole nitrogens is 1. The van der Waals surface area contributed by atoms with E-state index in [2.05, 4.69) is 15.6 Å². The highest BCUT2D eigenvalue weighted by atomic mass is 32.2. The summed E-state index contributed by atoms with van der Waals surface area (Å²) in [6.07, 6.45) is 1.61. The van der Waals surface area contributed by atoms with Gasteiger partial charge in [0.1, 0.15) is 16.9 Å². The van der Waals surface area contributed by atoms with Crippen molar-refractivity contribution in [1.82, 2.24) is 15.2 Å². The number of aromatic nitrogens is 1. The van der Waals surface area contributed by atoms with Crippen molar-refractivity contribution in [3.05, 3.63) is 147 Å². The van der Waals surface area contributed by atoms with Gasteiger partial charge in [0.15, 0.2) is 0 Å². The lowest BCUT2D eigenvalue weighted by atomic mass is 9.98. The van der Waals surface area contributed by atoms with Crippen LogP contribution in [-0.2, 0) is 26.3 Å². The maximum absolute atomic E-state index is 14.6. The second-order valence-electron chi connectivity index (χ2n) is 12.8. The summed E-state index contributed by atoms with van der Waals surface area (Å²) in [4.78, 5) is 46.9. The summed E-state index contributed by atoms with van der Waals surface area (Å²) in [6, 6.07) is 26.6. The van der Waals surface area contributed by atoms with Crippen LogP contribution in [0.2, 0.25) is 0 Å². The zero-order valence-corrected chi connectivity index (χ0v) is 30.8. The van der Waals surface area contributed by atoms with E-state index in [4.69, 9.17) is 0 Å². The minimum Gasteiger partial charge on any atom is -0.361 e. The number of hydrogen-bond acceptors (Lipinski definition) is 6. The number of likely N-dealkylation sites (N-methyl/N-ethyl adjacent to an activating group) is 1. The van der Waals surface area contributed by atoms with E-state index in [1.165, 1.54) is 11.1 Å². The van der Waals surface area contributed by atoms with E-state index in [1.807, 2.05) is 80.1 Å². The molecule has 2 atom stereocenters. The Bertz CT molecular complexity index is 2390. The Morgan fingerprint density at radius 1 is 0.827 bits per heavy atom. The van der Waals surface area contributed by atoms with E-state index in [-0.39, 0.29) is 16.8 Å². The normalized spacial score (nSPS) is 12.2. The molecule has 0 aliphatic heterocycles. The fraction of sp³-hybridized carbons (Fsp3) is 0.171. The number of carbonyl (C=O) groups excluding carboxylic acids is 3. The molecule has 264 valence electrons. The van der Waals surface area contributed by atoms with Crippen molar-refractivity contribution in [3.63, 3.8) is 0 Å². The molecule has 0 aliphatic carbocycles. The third-order valence-electron chi connectivity index (χ3n) is 9.04. The number of nitrogens with zero attached hydrogens (tertiary/aromatic N) is 1. The third-order valence-corrected chi connectivity index (χ3v) is 10.5. The van der Waals surface area contributed by atoms with Crippen LogP contribution in [0, 0.1) is 20.8 Å². The monoisotopic (exact) mass is 730 g/mol. The first-order valence-electron chi connectivity index (χ1n) is 16.7. The van der Waals surface area contributed by atoms with Crippen LogP contribution in [0.25, 0.3) is 22.0 Å². The minimum atomic E-state index is -2.95. The van der Waals surface area contributed by atoms with Gasteiger partial charge in [-0.2, -0.15) is 19.8 Å². The molecular weight excluding hydrogens is 693 g/mol. The number of aromatic amines is 1. The summed E-state index contributed by atoms with van der Waals surface area (Å²) in [5.74, 6) is -1.85. The van der Waals surface area contributed by atoms with Gasteiger partial charge in [-0.05, 0) is 84.1 Å². The highest BCUT2D eigenvalue weighted by Gasteiger charge is 2.35. The minimum absolute atomic E-state index is 0.0950. The third kappa shape index (κ3) is 7.91. The van der Waals surface area contributed by atoms with E-state index in [0.29, 0.717) is 22.2 Å². The molecule has 0 unspecified atom stereocenters. The lowest BCUT2D eigenvalue weighted by molar-refractivity contribution is -0.128. The Hall–Kier alpha value is -5.78. The first-order valence-corrected chi connectivity index (χ1v) is 18.7. The van der Waals surface area contributed by atoms with Crippen molar-refractivity contribution in [2.24, 2.45) is 0 Å². The standard InChI is InChI=1S/C41H38N4O5S2/c1-25-19-26(2)21-31(20-25)41(48)45(4)36(22-28-13-15-29(16-14-28)30-17-18-51-24-30)39(46)44-37(40(47)43-34-11-7-5-9-27(34)3)38(52(49)50)33-23-42-35-12-8-6-10-32(33)35/h5-21,23-24,36-37,42H,22H2,1-4H3,(H,43,47)(H,44,46)/t36-,37+/m1/s1. The van der Waals surface area contributed by atoms with Gasteiger partial charge in [0, 0.05) is 47.4 Å². The van der Waals surface area contributed by atoms with Crippen molar-refractivity contribution >= 4 is 60.8 Å². The molecule has 0 radical (unpaired) electrons. The van der Waals surface area contributed by atoms with Crippen LogP contribution in [0.3, 0.4) is 0 Å². The number of rotatable bonds is 11. The molecular formula is C41H38N4O5S2. The number of nitrogens with one attached hydrogen (secondary N) is 3. The number of hydrogen-bond donors (Lipinski definition) is 3. The second-order valence-corrected chi connectivity index (χ2v) is 14.5. The van der Waals surface area contributed by atoms with Crippen LogP contribution in [0.4, 0.5) is 5.69 Å². The fourth-order valence-electron chi connectivity index (χ4n) is 6.36. The summed E-state index contributed by atoms with van der Waals surface area (Å²) in [5, 5.41) is 10.2. The molecule has 11 heteroatoms. The molecule has 0 spiro atoms. The van der Waals surface area contributed by atoms with E-state index in [9.17, 15) is 22.8 Å². The van der Waals surface area contributed by atoms with Gasteiger partial charge in [-0.25, -0.2) is 0 Å². The number of aryl methyl sites for hydroxylation is 3. The highest BCUT2D eigenvalue weighted by molar-refractivity contribution is 7.73. The molecule has 6 aromatic rings. The number of thiophene rings is 1. The second kappa shape index (κ2) is 15.6. The quantitative estimate of drug-likeness (QED) is 0.101. The van der Waals surface area contributed by atoms with Crippen LogP contribution >= 0.6 is 11.3 Å². The van der Waals surface area contributed by atoms with Crippen molar-refractivity contribution in [2.45, 2.75) is 39.3 Å². The Kier molecular flexibility index (Phi) is 10.8. The van der Waals surface area contributed by atoms with Gasteiger partial charge in [-0.15, -0.1) is 0 Å². The summed E-state index contributed by atoms with van der Waals surface area (Å²) in [5.41, 5.74) is 7.17. The van der Waals surface area contributed by atoms with Gasteiger partial charge >= 0.3 is 0 Å². The molecule has 2 heterocycles. The number of anilines is 1. The number of amides is 3. The zero-order valence-electron chi connectivity index (χ0n) is 29.1. The summed E-state index contributed by atoms with van der Waals surface area (Å²) in [7, 11) is -1.41. The van der Waals surface area contributed by atoms with Crippen molar-refractivity contribution in [1.29, 1.82) is 0 Å². The lowest BCUT2D eigenvalue weighted by Gasteiger charge is -2.30. The molecule has 0 bridgehead atoms. The van der Waals surface area contributed by atoms with E-state index >= 15 is 0 Å². The Balaban J connectivity index is 1.41. The fourth-order valence-corrected chi connectivity index (χ4v) is 7.73. The van der Waals surface area contributed by atoms with E-state index in [0.717, 1.165) is 33.4 Å². The summed E-state index contributed by atoms with van der Waals surface area (Å²) < 4.78 is 26.2. The molecule has 3 N–H and O–H groups in total. The van der Waals surface area contributed by atoms with Crippen molar-refractivity contribution < 1.29 is 22.8 Å². The van der Waals surface area contributed by atoms with Crippen LogP contribution in [0.5, 0.6) is 0 Å². The number of benzene rings is 4. The zero-order chi connectivity index (χ0) is 36.9. The van der Waals surface area contributed by atoms with Crippen LogP contribution in [0.1, 0.15) is 38.2 Å². The number of para-hydroxylation sites is 2. The smallest absolute Gasteiger partial charge is 0.254 e. The molecule has 0 aliphatic rings. The van der Waals surface area contributed by atoms with Crippen LogP contribution < -0.4 is 10.6 Å². The highest BCUT2D eigenvalue weighted by Crippen LogP contribution is 2.25. The van der Waals surface area contributed by atoms with Crippen LogP contribution in [-0.4, -0.2) is 60.0 Å². The first-order chi connectivity index (χ1) is 25.0. The number of fused-ring (bicyclic) bond motifs is 1. The Labute approximate surface area is 307 Å². The molecule has 9 nitrogen and oxygen atoms in total. The van der Waals surface area contributed by atoms with E-state index < -0.39 is 40.1 Å². The predicted molar refractivity (Wildman–Crippen MR) is 208 cm³/mol. The van der Waals surface area contributed by atoms with Crippen LogP contribution in [0.15, 0.2) is 114 Å².